The molecule has 0 unspecified atom stereocenters. The Morgan fingerprint density at radius 3 is 1.90 bits per heavy atom. The predicted molar refractivity (Wildman–Crippen MR) is 120 cm³/mol. The molecule has 0 spiro atoms. The summed E-state index contributed by atoms with van der Waals surface area (Å²) in [5, 5.41) is 6.28. The first kappa shape index (κ1) is 21.2. The molecular weight excluding hydrogens is 479 g/mol. The van der Waals surface area contributed by atoms with E-state index in [4.69, 9.17) is 27.9 Å². The molecule has 148 valence electrons. The van der Waals surface area contributed by atoms with E-state index in [1.54, 1.807) is 54.6 Å². The van der Waals surface area contributed by atoms with E-state index < -0.39 is 0 Å². The summed E-state index contributed by atoms with van der Waals surface area (Å²) in [6.07, 6.45) is 0. The smallest absolute Gasteiger partial charge is 0.255 e. The van der Waals surface area contributed by atoms with Crippen molar-refractivity contribution in [2.45, 2.75) is 0 Å². The number of methoxy groups -OCH3 is 1. The zero-order chi connectivity index (χ0) is 21.0. The van der Waals surface area contributed by atoms with Gasteiger partial charge in [0, 0.05) is 26.7 Å². The average Bonchev–Trinajstić information content (AvgIpc) is 2.70. The van der Waals surface area contributed by atoms with Gasteiger partial charge in [0.25, 0.3) is 11.8 Å². The number of hydrogen-bond acceptors (Lipinski definition) is 3. The molecule has 0 atom stereocenters. The molecule has 5 nitrogen and oxygen atoms in total. The lowest BCUT2D eigenvalue weighted by molar-refractivity contribution is 0.101. The highest BCUT2D eigenvalue weighted by Gasteiger charge is 2.15. The molecule has 2 N–H and O–H groups in total. The largest absolute Gasteiger partial charge is 0.494 e. The van der Waals surface area contributed by atoms with Crippen molar-refractivity contribution in [3.05, 3.63) is 86.3 Å². The molecule has 3 rings (SSSR count). The van der Waals surface area contributed by atoms with Gasteiger partial charge in [0.05, 0.1) is 23.5 Å². The van der Waals surface area contributed by atoms with Gasteiger partial charge >= 0.3 is 0 Å². The number of ether oxygens (including phenoxy) is 1. The fraction of sp³-hybridized carbons (Fsp3) is 0.0476. The van der Waals surface area contributed by atoms with Crippen LogP contribution in [0.25, 0.3) is 0 Å². The Morgan fingerprint density at radius 2 is 1.34 bits per heavy atom. The zero-order valence-corrected chi connectivity index (χ0v) is 18.2. The molecule has 0 bridgehead atoms. The van der Waals surface area contributed by atoms with Crippen molar-refractivity contribution in [2.24, 2.45) is 0 Å². The molecule has 0 fully saturated rings. The lowest BCUT2D eigenvalue weighted by atomic mass is 10.2. The Hall–Kier alpha value is -2.54. The van der Waals surface area contributed by atoms with Crippen LogP contribution in [0, 0.1) is 0 Å². The molecule has 0 aliphatic carbocycles. The molecule has 29 heavy (non-hydrogen) atoms. The van der Waals surface area contributed by atoms with E-state index in [0.717, 1.165) is 4.47 Å². The standard InChI is InChI=1S/C21H15BrCl2N2O3/c1-29-19-11-17(25-20(27)13-4-8-15(23)9-5-13)16(24)10-18(19)26-21(28)12-2-6-14(22)7-3-12/h2-11H,1H3,(H,25,27)(H,26,28). The second-order valence-corrected chi connectivity index (χ2v) is 7.71. The third-order valence-corrected chi connectivity index (χ3v) is 5.09. The maximum absolute atomic E-state index is 12.5. The summed E-state index contributed by atoms with van der Waals surface area (Å²) in [5.74, 6) is -0.312. The maximum atomic E-state index is 12.5. The zero-order valence-electron chi connectivity index (χ0n) is 15.1. The van der Waals surface area contributed by atoms with Gasteiger partial charge < -0.3 is 15.4 Å². The van der Waals surface area contributed by atoms with E-state index in [-0.39, 0.29) is 16.8 Å². The Labute approximate surface area is 186 Å². The number of carbonyl (C=O) groups is 2. The molecule has 0 heterocycles. The summed E-state index contributed by atoms with van der Waals surface area (Å²) in [4.78, 5) is 24.9. The summed E-state index contributed by atoms with van der Waals surface area (Å²) in [6.45, 7) is 0. The van der Waals surface area contributed by atoms with Crippen molar-refractivity contribution in [1.29, 1.82) is 0 Å². The molecule has 8 heteroatoms. The lowest BCUT2D eigenvalue weighted by Gasteiger charge is -2.14. The minimum absolute atomic E-state index is 0.249. The maximum Gasteiger partial charge on any atom is 0.255 e. The fourth-order valence-electron chi connectivity index (χ4n) is 2.51. The first-order valence-corrected chi connectivity index (χ1v) is 9.93. The van der Waals surface area contributed by atoms with Crippen LogP contribution in [-0.2, 0) is 0 Å². The third-order valence-electron chi connectivity index (χ3n) is 4.00. The fourth-order valence-corrected chi connectivity index (χ4v) is 3.11. The third kappa shape index (κ3) is 5.29. The van der Waals surface area contributed by atoms with E-state index in [1.807, 2.05) is 0 Å². The van der Waals surface area contributed by atoms with Crippen LogP contribution in [0.1, 0.15) is 20.7 Å². The van der Waals surface area contributed by atoms with Gasteiger partial charge in [0.1, 0.15) is 5.75 Å². The Morgan fingerprint density at radius 1 is 0.828 bits per heavy atom. The highest BCUT2D eigenvalue weighted by atomic mass is 79.9. The molecule has 0 aliphatic heterocycles. The highest BCUT2D eigenvalue weighted by molar-refractivity contribution is 9.10. The SMILES string of the molecule is COc1cc(NC(=O)c2ccc(Cl)cc2)c(Cl)cc1NC(=O)c1ccc(Br)cc1. The predicted octanol–water partition coefficient (Wildman–Crippen LogP) is 6.27. The van der Waals surface area contributed by atoms with Crippen molar-refractivity contribution >= 4 is 62.3 Å². The van der Waals surface area contributed by atoms with E-state index in [0.29, 0.717) is 33.3 Å². The van der Waals surface area contributed by atoms with Crippen LogP contribution < -0.4 is 15.4 Å². The van der Waals surface area contributed by atoms with Crippen LogP contribution in [0.4, 0.5) is 11.4 Å². The van der Waals surface area contributed by atoms with Crippen LogP contribution in [-0.4, -0.2) is 18.9 Å². The first-order valence-electron chi connectivity index (χ1n) is 8.39. The van der Waals surface area contributed by atoms with Gasteiger partial charge in [-0.1, -0.05) is 39.1 Å². The molecule has 3 aromatic carbocycles. The second kappa shape index (κ2) is 9.31. The molecular formula is C21H15BrCl2N2O3. The van der Waals surface area contributed by atoms with Gasteiger partial charge in [-0.3, -0.25) is 9.59 Å². The van der Waals surface area contributed by atoms with Crippen molar-refractivity contribution in [2.75, 3.05) is 17.7 Å². The van der Waals surface area contributed by atoms with Crippen LogP contribution >= 0.6 is 39.1 Å². The number of nitrogens with one attached hydrogen (secondary N) is 2. The van der Waals surface area contributed by atoms with Gasteiger partial charge in [-0.15, -0.1) is 0 Å². The summed E-state index contributed by atoms with van der Waals surface area (Å²) in [6, 6.07) is 16.5. The normalized spacial score (nSPS) is 10.3. The molecule has 0 radical (unpaired) electrons. The van der Waals surface area contributed by atoms with Gasteiger partial charge in [-0.05, 0) is 54.6 Å². The Balaban J connectivity index is 1.81. The monoisotopic (exact) mass is 492 g/mol. The second-order valence-electron chi connectivity index (χ2n) is 5.95. The van der Waals surface area contributed by atoms with Gasteiger partial charge in [-0.25, -0.2) is 0 Å². The molecule has 3 aromatic rings. The number of benzene rings is 3. The number of amides is 2. The number of rotatable bonds is 5. The van der Waals surface area contributed by atoms with E-state index in [9.17, 15) is 9.59 Å². The summed E-state index contributed by atoms with van der Waals surface area (Å²) in [7, 11) is 1.46. The molecule has 0 saturated heterocycles. The van der Waals surface area contributed by atoms with Crippen molar-refractivity contribution < 1.29 is 14.3 Å². The Kier molecular flexibility index (Phi) is 6.79. The first-order chi connectivity index (χ1) is 13.9. The average molecular weight is 494 g/mol. The topological polar surface area (TPSA) is 67.4 Å². The van der Waals surface area contributed by atoms with Gasteiger partial charge in [0.2, 0.25) is 0 Å². The van der Waals surface area contributed by atoms with E-state index in [2.05, 4.69) is 26.6 Å². The van der Waals surface area contributed by atoms with Crippen LogP contribution in [0.5, 0.6) is 5.75 Å². The minimum Gasteiger partial charge on any atom is -0.494 e. The van der Waals surface area contributed by atoms with Crippen molar-refractivity contribution in [3.63, 3.8) is 0 Å². The summed E-state index contributed by atoms with van der Waals surface area (Å²) in [5.41, 5.74) is 1.64. The molecule has 0 saturated carbocycles. The minimum atomic E-state index is -0.350. The van der Waals surface area contributed by atoms with Crippen molar-refractivity contribution in [1.82, 2.24) is 0 Å². The summed E-state index contributed by atoms with van der Waals surface area (Å²) < 4.78 is 6.22. The Bertz CT molecular complexity index is 1050. The van der Waals surface area contributed by atoms with Crippen LogP contribution in [0.15, 0.2) is 65.1 Å². The number of anilines is 2. The summed E-state index contributed by atoms with van der Waals surface area (Å²) >= 11 is 15.5. The quantitative estimate of drug-likeness (QED) is 0.440. The number of hydrogen-bond donors (Lipinski definition) is 2. The van der Waals surface area contributed by atoms with E-state index in [1.165, 1.54) is 13.2 Å². The lowest BCUT2D eigenvalue weighted by Crippen LogP contribution is -2.14. The number of carbonyl (C=O) groups excluding carboxylic acids is 2. The van der Waals surface area contributed by atoms with Crippen LogP contribution in [0.3, 0.4) is 0 Å². The van der Waals surface area contributed by atoms with E-state index >= 15 is 0 Å². The van der Waals surface area contributed by atoms with Gasteiger partial charge in [0.15, 0.2) is 0 Å². The van der Waals surface area contributed by atoms with Crippen LogP contribution in [0.2, 0.25) is 10.0 Å². The number of halogens is 3. The van der Waals surface area contributed by atoms with Gasteiger partial charge in [-0.2, -0.15) is 0 Å². The highest BCUT2D eigenvalue weighted by Crippen LogP contribution is 2.35. The van der Waals surface area contributed by atoms with Crippen molar-refractivity contribution in [3.8, 4) is 5.75 Å². The molecule has 2 amide bonds. The molecule has 0 aliphatic rings. The molecule has 0 aromatic heterocycles.